The molecule has 18 heteroatoms. The summed E-state index contributed by atoms with van der Waals surface area (Å²) >= 11 is 0. The average molecular weight is 754 g/mol. The molecule has 0 amide bonds. The minimum atomic E-state index is -4.36. The molecule has 3 fully saturated rings. The Bertz CT molecular complexity index is 1530. The van der Waals surface area contributed by atoms with Gasteiger partial charge in [0, 0.05) is 0 Å². The van der Waals surface area contributed by atoms with Gasteiger partial charge in [-0.15, -0.1) is 0 Å². The number of anilines is 1. The molecule has 0 radical (unpaired) electrons. The topological polar surface area (TPSA) is 231 Å². The second kappa shape index (κ2) is 17.0. The highest BCUT2D eigenvalue weighted by Crippen LogP contribution is 2.45. The number of aromatic nitrogens is 4. The first kappa shape index (κ1) is 40.3. The molecule has 6 atom stereocenters. The molecule has 3 heterocycles. The van der Waals surface area contributed by atoms with Gasteiger partial charge in [-0.3, -0.25) is 18.7 Å². The lowest BCUT2D eigenvalue weighted by Gasteiger charge is -2.33. The standard InChI is InChI=1S/C34H56N7O10P/c1-19(2)24(30(43)49-21-13-9-7-10-14-21)39-52(46,40-25(20(3)4)31(44)50-22-15-11-8-12-16-22)48-17-23-27(42)34(5,45)32(51-23)41-18-36-26-28(41)37-33(35)38-29(26)47-6/h18-25,27,32,42,45H,7-17H2,1-6H3,(H2,35,37,38)(H2,39,40,46)/t23-,24+,25+,27-,32-,34-/m1/s1. The molecule has 0 spiro atoms. The van der Waals surface area contributed by atoms with E-state index in [1.807, 2.05) is 0 Å². The zero-order valence-corrected chi connectivity index (χ0v) is 31.9. The number of nitrogens with two attached hydrogens (primary N) is 1. The third-order valence-electron chi connectivity index (χ3n) is 10.2. The van der Waals surface area contributed by atoms with Crippen LogP contribution in [0.1, 0.15) is 105 Å². The second-order valence-electron chi connectivity index (χ2n) is 15.1. The molecule has 17 nitrogen and oxygen atoms in total. The predicted octanol–water partition coefficient (Wildman–Crippen LogP) is 3.53. The van der Waals surface area contributed by atoms with Gasteiger partial charge in [0.1, 0.15) is 42.1 Å². The van der Waals surface area contributed by atoms with Gasteiger partial charge in [0.15, 0.2) is 17.4 Å². The highest BCUT2D eigenvalue weighted by atomic mass is 31.2. The van der Waals surface area contributed by atoms with Crippen molar-refractivity contribution in [2.24, 2.45) is 11.8 Å². The molecule has 292 valence electrons. The van der Waals surface area contributed by atoms with Gasteiger partial charge in [-0.05, 0) is 70.1 Å². The number of nitrogens with zero attached hydrogens (tertiary/aromatic N) is 4. The Labute approximate surface area is 304 Å². The summed E-state index contributed by atoms with van der Waals surface area (Å²) in [5.41, 5.74) is 4.40. The van der Waals surface area contributed by atoms with E-state index in [0.717, 1.165) is 64.2 Å². The van der Waals surface area contributed by atoms with Crippen molar-refractivity contribution in [3.8, 4) is 5.88 Å². The van der Waals surface area contributed by atoms with E-state index < -0.39 is 62.3 Å². The van der Waals surface area contributed by atoms with Gasteiger partial charge in [0.05, 0.1) is 20.0 Å². The predicted molar refractivity (Wildman–Crippen MR) is 190 cm³/mol. The summed E-state index contributed by atoms with van der Waals surface area (Å²) in [7, 11) is -2.96. The summed E-state index contributed by atoms with van der Waals surface area (Å²) in [4.78, 5) is 39.7. The number of nitrogen functional groups attached to an aromatic ring is 1. The van der Waals surface area contributed by atoms with Crippen molar-refractivity contribution in [2.45, 2.75) is 147 Å². The lowest BCUT2D eigenvalue weighted by molar-refractivity contribution is -0.154. The summed E-state index contributed by atoms with van der Waals surface area (Å²) in [6.45, 7) is 7.99. The molecule has 52 heavy (non-hydrogen) atoms. The van der Waals surface area contributed by atoms with Gasteiger partial charge in [0.25, 0.3) is 0 Å². The number of esters is 2. The number of rotatable bonds is 15. The maximum atomic E-state index is 14.9. The Hall–Kier alpha value is -2.92. The van der Waals surface area contributed by atoms with Crippen molar-refractivity contribution in [2.75, 3.05) is 19.5 Å². The lowest BCUT2D eigenvalue weighted by Crippen LogP contribution is -2.49. The first-order valence-electron chi connectivity index (χ1n) is 18.4. The zero-order chi connectivity index (χ0) is 37.8. The number of imidazole rings is 1. The molecule has 2 aromatic rings. The summed E-state index contributed by atoms with van der Waals surface area (Å²) in [6.07, 6.45) is 5.80. The molecular formula is C34H56N7O10P. The molecule has 6 N–H and O–H groups in total. The van der Waals surface area contributed by atoms with E-state index >= 15 is 0 Å². The van der Waals surface area contributed by atoms with Crippen molar-refractivity contribution in [3.63, 3.8) is 0 Å². The van der Waals surface area contributed by atoms with Crippen LogP contribution in [-0.4, -0.2) is 97.5 Å². The fourth-order valence-electron chi connectivity index (χ4n) is 7.04. The minimum absolute atomic E-state index is 0.106. The normalized spacial score (nSPS) is 26.2. The van der Waals surface area contributed by atoms with Crippen LogP contribution in [0.15, 0.2) is 6.33 Å². The maximum Gasteiger partial charge on any atom is 0.342 e. The fourth-order valence-corrected chi connectivity index (χ4v) is 9.16. The van der Waals surface area contributed by atoms with Crippen LogP contribution in [0, 0.1) is 11.8 Å². The first-order valence-corrected chi connectivity index (χ1v) is 20.1. The zero-order valence-electron chi connectivity index (χ0n) is 31.0. The van der Waals surface area contributed by atoms with Gasteiger partial charge in [0.2, 0.25) is 11.8 Å². The number of aliphatic hydroxyl groups excluding tert-OH is 1. The van der Waals surface area contributed by atoms with Crippen LogP contribution in [0.3, 0.4) is 0 Å². The van der Waals surface area contributed by atoms with Gasteiger partial charge < -0.3 is 39.4 Å². The number of fused-ring (bicyclic) bond motifs is 1. The Morgan fingerprint density at radius 3 is 1.98 bits per heavy atom. The molecule has 1 aliphatic heterocycles. The minimum Gasteiger partial charge on any atom is -0.479 e. The van der Waals surface area contributed by atoms with Crippen LogP contribution in [0.4, 0.5) is 5.95 Å². The number of aliphatic hydroxyl groups is 2. The number of hydrogen-bond donors (Lipinski definition) is 5. The number of hydrogen-bond acceptors (Lipinski definition) is 14. The summed E-state index contributed by atoms with van der Waals surface area (Å²) in [5, 5.41) is 28.6. The van der Waals surface area contributed by atoms with Crippen molar-refractivity contribution in [1.29, 1.82) is 0 Å². The van der Waals surface area contributed by atoms with Gasteiger partial charge in [-0.1, -0.05) is 40.5 Å². The number of nitrogens with one attached hydrogen (secondary N) is 2. The third-order valence-corrected chi connectivity index (χ3v) is 11.9. The molecule has 2 aromatic heterocycles. The van der Waals surface area contributed by atoms with Gasteiger partial charge in [-0.2, -0.15) is 9.97 Å². The molecule has 3 aliphatic rings. The van der Waals surface area contributed by atoms with E-state index in [2.05, 4.69) is 25.1 Å². The lowest BCUT2D eigenvalue weighted by atomic mass is 9.96. The molecule has 1 saturated heterocycles. The third kappa shape index (κ3) is 9.23. The molecular weight excluding hydrogens is 697 g/mol. The van der Waals surface area contributed by atoms with Crippen LogP contribution < -0.4 is 20.6 Å². The van der Waals surface area contributed by atoms with E-state index in [1.54, 1.807) is 27.7 Å². The molecule has 2 aliphatic carbocycles. The summed E-state index contributed by atoms with van der Waals surface area (Å²) < 4.78 is 45.5. The Kier molecular flexibility index (Phi) is 13.2. The SMILES string of the molecule is COc1nc(N)nc2c1ncn2[C@@H]1O[C@H](COP(=O)(N[C@H](C(=O)OC2CCCCC2)C(C)C)N[C@H](C(=O)OC2CCCCC2)C(C)C)[C@@H](O)[C@@]1(C)O. The largest absolute Gasteiger partial charge is 0.479 e. The van der Waals surface area contributed by atoms with Gasteiger partial charge >= 0.3 is 19.6 Å². The second-order valence-corrected chi connectivity index (χ2v) is 16.9. The molecule has 0 bridgehead atoms. The fraction of sp³-hybridized carbons (Fsp3) is 0.794. The van der Waals surface area contributed by atoms with E-state index in [0.29, 0.717) is 0 Å². The van der Waals surface area contributed by atoms with E-state index in [4.69, 9.17) is 29.2 Å². The molecule has 0 aromatic carbocycles. The number of ether oxygens (including phenoxy) is 4. The first-order chi connectivity index (χ1) is 24.6. The summed E-state index contributed by atoms with van der Waals surface area (Å²) in [6, 6.07) is -2.16. The van der Waals surface area contributed by atoms with Crippen LogP contribution in [-0.2, 0) is 32.9 Å². The van der Waals surface area contributed by atoms with Crippen LogP contribution in [0.5, 0.6) is 5.88 Å². The van der Waals surface area contributed by atoms with Gasteiger partial charge in [-0.25, -0.2) is 15.2 Å². The van der Waals surface area contributed by atoms with Crippen LogP contribution in [0.2, 0.25) is 0 Å². The Balaban J connectivity index is 1.39. The Morgan fingerprint density at radius 1 is 0.981 bits per heavy atom. The van der Waals surface area contributed by atoms with Crippen molar-refractivity contribution in [1.82, 2.24) is 29.7 Å². The summed E-state index contributed by atoms with van der Waals surface area (Å²) in [5.74, 6) is -1.93. The highest BCUT2D eigenvalue weighted by molar-refractivity contribution is 7.54. The van der Waals surface area contributed by atoms with Crippen molar-refractivity contribution >= 4 is 36.7 Å². The molecule has 5 rings (SSSR count). The van der Waals surface area contributed by atoms with E-state index in [1.165, 1.54) is 24.9 Å². The maximum absolute atomic E-state index is 14.9. The molecule has 0 unspecified atom stereocenters. The van der Waals surface area contributed by atoms with Crippen LogP contribution >= 0.6 is 7.67 Å². The number of methoxy groups -OCH3 is 1. The monoisotopic (exact) mass is 753 g/mol. The van der Waals surface area contributed by atoms with E-state index in [-0.39, 0.29) is 47.0 Å². The average Bonchev–Trinajstić information content (AvgIpc) is 3.62. The number of carbonyl (C=O) groups is 2. The Morgan fingerprint density at radius 2 is 1.50 bits per heavy atom. The van der Waals surface area contributed by atoms with Crippen molar-refractivity contribution in [3.05, 3.63) is 6.33 Å². The quantitative estimate of drug-likeness (QED) is 0.129. The van der Waals surface area contributed by atoms with Crippen LogP contribution in [0.25, 0.3) is 11.2 Å². The van der Waals surface area contributed by atoms with E-state index in [9.17, 15) is 24.4 Å². The number of carbonyl (C=O) groups excluding carboxylic acids is 2. The molecule has 2 saturated carbocycles. The highest BCUT2D eigenvalue weighted by Gasteiger charge is 2.54. The smallest absolute Gasteiger partial charge is 0.342 e. The van der Waals surface area contributed by atoms with Crippen molar-refractivity contribution < 1.29 is 47.8 Å².